The molecule has 0 aliphatic carbocycles. The summed E-state index contributed by atoms with van der Waals surface area (Å²) in [5.41, 5.74) is 6.50. The van der Waals surface area contributed by atoms with Gasteiger partial charge < -0.3 is 5.32 Å². The Morgan fingerprint density at radius 1 is 0.767 bits per heavy atom. The van der Waals surface area contributed by atoms with E-state index in [2.05, 4.69) is 75.5 Å². The molecular weight excluding hydrogens is 368 g/mol. The zero-order valence-corrected chi connectivity index (χ0v) is 18.0. The van der Waals surface area contributed by atoms with Gasteiger partial charge in [-0.15, -0.1) is 0 Å². The summed E-state index contributed by atoms with van der Waals surface area (Å²) in [6, 6.07) is 24.4. The van der Waals surface area contributed by atoms with Gasteiger partial charge in [0.05, 0.1) is 5.52 Å². The molecule has 0 saturated heterocycles. The highest BCUT2D eigenvalue weighted by Crippen LogP contribution is 2.35. The molecule has 3 nitrogen and oxygen atoms in total. The standard InChI is InChI=1S/C27H28N2O/c1-18(2)20-13-15-21(16-14-20)28-27(30)29-17-25(24-11-7-8-12-26(24)29)23-10-6-5-9-22(23)19(3)4/h5-19H,1-4H3,(H,28,30). The molecule has 0 aliphatic heterocycles. The van der Waals surface area contributed by atoms with E-state index in [-0.39, 0.29) is 6.03 Å². The van der Waals surface area contributed by atoms with Gasteiger partial charge in [0.25, 0.3) is 0 Å². The highest BCUT2D eigenvalue weighted by Gasteiger charge is 2.17. The zero-order valence-electron chi connectivity index (χ0n) is 18.0. The predicted molar refractivity (Wildman–Crippen MR) is 126 cm³/mol. The van der Waals surface area contributed by atoms with Crippen LogP contribution in [0.15, 0.2) is 79.0 Å². The molecule has 0 fully saturated rings. The lowest BCUT2D eigenvalue weighted by molar-refractivity contribution is 0.254. The average Bonchev–Trinajstić information content (AvgIpc) is 3.14. The lowest BCUT2D eigenvalue weighted by Gasteiger charge is -2.12. The van der Waals surface area contributed by atoms with Crippen LogP contribution >= 0.6 is 0 Å². The molecule has 0 bridgehead atoms. The van der Waals surface area contributed by atoms with Crippen LogP contribution < -0.4 is 5.32 Å². The first-order valence-electron chi connectivity index (χ1n) is 10.6. The number of nitrogens with zero attached hydrogens (tertiary/aromatic N) is 1. The fraction of sp³-hybridized carbons (Fsp3) is 0.222. The molecule has 1 heterocycles. The highest BCUT2D eigenvalue weighted by molar-refractivity contribution is 6.05. The van der Waals surface area contributed by atoms with Crippen molar-refractivity contribution in [2.24, 2.45) is 0 Å². The highest BCUT2D eigenvalue weighted by atomic mass is 16.2. The minimum atomic E-state index is -0.156. The average molecular weight is 397 g/mol. The molecule has 1 amide bonds. The third kappa shape index (κ3) is 3.76. The predicted octanol–water partition coefficient (Wildman–Crippen LogP) is 7.64. The summed E-state index contributed by atoms with van der Waals surface area (Å²) in [5, 5.41) is 4.12. The topological polar surface area (TPSA) is 34.0 Å². The van der Waals surface area contributed by atoms with Crippen molar-refractivity contribution in [3.63, 3.8) is 0 Å². The molecule has 0 atom stereocenters. The SMILES string of the molecule is CC(C)c1ccc(NC(=O)n2cc(-c3ccccc3C(C)C)c3ccccc32)cc1. The van der Waals surface area contributed by atoms with Gasteiger partial charge in [-0.3, -0.25) is 4.57 Å². The number of amides is 1. The van der Waals surface area contributed by atoms with Crippen LogP contribution in [0.1, 0.15) is 50.7 Å². The number of anilines is 1. The van der Waals surface area contributed by atoms with Gasteiger partial charge in [0, 0.05) is 22.8 Å². The number of fused-ring (bicyclic) bond motifs is 1. The lowest BCUT2D eigenvalue weighted by atomic mass is 9.92. The largest absolute Gasteiger partial charge is 0.330 e. The van der Waals surface area contributed by atoms with Crippen molar-refractivity contribution in [3.05, 3.63) is 90.1 Å². The molecule has 4 aromatic rings. The number of hydrogen-bond donors (Lipinski definition) is 1. The first-order chi connectivity index (χ1) is 14.5. The number of nitrogens with one attached hydrogen (secondary N) is 1. The van der Waals surface area contributed by atoms with E-state index in [0.29, 0.717) is 11.8 Å². The van der Waals surface area contributed by atoms with Crippen molar-refractivity contribution in [2.45, 2.75) is 39.5 Å². The Bertz CT molecular complexity index is 1180. The minimum absolute atomic E-state index is 0.156. The molecule has 1 N–H and O–H groups in total. The van der Waals surface area contributed by atoms with Crippen LogP contribution in [0.3, 0.4) is 0 Å². The van der Waals surface area contributed by atoms with Crippen molar-refractivity contribution in [2.75, 3.05) is 5.32 Å². The summed E-state index contributed by atoms with van der Waals surface area (Å²) < 4.78 is 1.72. The van der Waals surface area contributed by atoms with Gasteiger partial charge in [0.15, 0.2) is 0 Å². The number of benzene rings is 3. The summed E-state index contributed by atoms with van der Waals surface area (Å²) in [4.78, 5) is 13.2. The number of aromatic nitrogens is 1. The van der Waals surface area contributed by atoms with Gasteiger partial charge in [0.1, 0.15) is 0 Å². The molecule has 152 valence electrons. The van der Waals surface area contributed by atoms with E-state index in [1.54, 1.807) is 4.57 Å². The summed E-state index contributed by atoms with van der Waals surface area (Å²) in [6.07, 6.45) is 1.96. The van der Waals surface area contributed by atoms with E-state index in [0.717, 1.165) is 22.2 Å². The second kappa shape index (κ2) is 8.19. The maximum Gasteiger partial charge on any atom is 0.330 e. The Morgan fingerprint density at radius 3 is 2.13 bits per heavy atom. The van der Waals surface area contributed by atoms with Crippen LogP contribution in [0.4, 0.5) is 10.5 Å². The molecule has 1 aromatic heterocycles. The molecule has 3 heteroatoms. The van der Waals surface area contributed by atoms with Gasteiger partial charge >= 0.3 is 6.03 Å². The van der Waals surface area contributed by atoms with Crippen molar-refractivity contribution in [1.82, 2.24) is 4.57 Å². The molecule has 30 heavy (non-hydrogen) atoms. The van der Waals surface area contributed by atoms with Crippen LogP contribution in [0, 0.1) is 0 Å². The Kier molecular flexibility index (Phi) is 5.45. The summed E-state index contributed by atoms with van der Waals surface area (Å²) in [5.74, 6) is 0.864. The first kappa shape index (κ1) is 20.0. The molecule has 0 aliphatic rings. The molecule has 3 aromatic carbocycles. The van der Waals surface area contributed by atoms with E-state index in [1.165, 1.54) is 16.7 Å². The van der Waals surface area contributed by atoms with Crippen LogP contribution in [0.2, 0.25) is 0 Å². The lowest BCUT2D eigenvalue weighted by Crippen LogP contribution is -2.18. The number of carbonyl (C=O) groups excluding carboxylic acids is 1. The Balaban J connectivity index is 1.75. The quantitative estimate of drug-likeness (QED) is 0.378. The minimum Gasteiger partial charge on any atom is -0.307 e. The Labute approximate surface area is 178 Å². The molecule has 0 radical (unpaired) electrons. The fourth-order valence-corrected chi connectivity index (χ4v) is 3.94. The molecule has 0 saturated carbocycles. The van der Waals surface area contributed by atoms with Gasteiger partial charge in [-0.1, -0.05) is 82.3 Å². The van der Waals surface area contributed by atoms with Gasteiger partial charge in [-0.2, -0.15) is 0 Å². The van der Waals surface area contributed by atoms with E-state index in [4.69, 9.17) is 0 Å². The normalized spacial score (nSPS) is 11.4. The zero-order chi connectivity index (χ0) is 21.3. The Hall–Kier alpha value is -3.33. The molecule has 4 rings (SSSR count). The number of hydrogen-bond acceptors (Lipinski definition) is 1. The summed E-state index contributed by atoms with van der Waals surface area (Å²) in [6.45, 7) is 8.73. The second-order valence-corrected chi connectivity index (χ2v) is 8.38. The maximum absolute atomic E-state index is 13.2. The van der Waals surface area contributed by atoms with E-state index < -0.39 is 0 Å². The van der Waals surface area contributed by atoms with Crippen molar-refractivity contribution >= 4 is 22.6 Å². The van der Waals surface area contributed by atoms with Crippen LogP contribution in [-0.2, 0) is 0 Å². The summed E-state index contributed by atoms with van der Waals surface area (Å²) >= 11 is 0. The van der Waals surface area contributed by atoms with Crippen LogP contribution in [-0.4, -0.2) is 10.6 Å². The maximum atomic E-state index is 13.2. The Morgan fingerprint density at radius 2 is 1.43 bits per heavy atom. The third-order valence-electron chi connectivity index (χ3n) is 5.63. The monoisotopic (exact) mass is 396 g/mol. The third-order valence-corrected chi connectivity index (χ3v) is 5.63. The second-order valence-electron chi connectivity index (χ2n) is 8.38. The van der Waals surface area contributed by atoms with Crippen LogP contribution in [0.5, 0.6) is 0 Å². The van der Waals surface area contributed by atoms with Crippen molar-refractivity contribution in [3.8, 4) is 11.1 Å². The molecular formula is C27H28N2O. The summed E-state index contributed by atoms with van der Waals surface area (Å²) in [7, 11) is 0. The van der Waals surface area contributed by atoms with E-state index in [9.17, 15) is 4.79 Å². The van der Waals surface area contributed by atoms with E-state index >= 15 is 0 Å². The first-order valence-corrected chi connectivity index (χ1v) is 10.6. The van der Waals surface area contributed by atoms with Crippen molar-refractivity contribution in [1.29, 1.82) is 0 Å². The van der Waals surface area contributed by atoms with Gasteiger partial charge in [0.2, 0.25) is 0 Å². The van der Waals surface area contributed by atoms with Crippen LogP contribution in [0.25, 0.3) is 22.0 Å². The van der Waals surface area contributed by atoms with Crippen molar-refractivity contribution < 1.29 is 4.79 Å². The van der Waals surface area contributed by atoms with Gasteiger partial charge in [-0.05, 0) is 46.7 Å². The number of para-hydroxylation sites is 1. The number of rotatable bonds is 4. The smallest absolute Gasteiger partial charge is 0.307 e. The van der Waals surface area contributed by atoms with E-state index in [1.807, 2.05) is 36.5 Å². The fourth-order valence-electron chi connectivity index (χ4n) is 3.94. The number of carbonyl (C=O) groups is 1. The molecule has 0 unspecified atom stereocenters. The molecule has 0 spiro atoms. The van der Waals surface area contributed by atoms with Gasteiger partial charge in [-0.25, -0.2) is 4.79 Å².